The van der Waals surface area contributed by atoms with Crippen molar-refractivity contribution in [2.45, 2.75) is 13.0 Å². The third kappa shape index (κ3) is 2.77. The molecule has 3 rings (SSSR count). The smallest absolute Gasteiger partial charge is 0.263 e. The zero-order valence-corrected chi connectivity index (χ0v) is 12.9. The molecule has 1 amide bonds. The first-order valence-corrected chi connectivity index (χ1v) is 7.75. The van der Waals surface area contributed by atoms with Gasteiger partial charge in [0.2, 0.25) is 0 Å². The Morgan fingerprint density at radius 3 is 2.71 bits per heavy atom. The van der Waals surface area contributed by atoms with E-state index in [-0.39, 0.29) is 11.9 Å². The number of rotatable bonds is 3. The minimum Gasteiger partial charge on any atom is -0.343 e. The van der Waals surface area contributed by atoms with Crippen molar-refractivity contribution in [3.05, 3.63) is 64.3 Å². The Balaban J connectivity index is 1.86. The lowest BCUT2D eigenvalue weighted by Crippen LogP contribution is -2.26. The van der Waals surface area contributed by atoms with Crippen molar-refractivity contribution < 1.29 is 4.79 Å². The average Bonchev–Trinajstić information content (AvgIpc) is 2.86. The third-order valence-electron chi connectivity index (χ3n) is 3.22. The summed E-state index contributed by atoms with van der Waals surface area (Å²) < 4.78 is 1.01. The van der Waals surface area contributed by atoms with Crippen LogP contribution in [0, 0.1) is 0 Å². The van der Waals surface area contributed by atoms with Crippen molar-refractivity contribution in [2.75, 3.05) is 0 Å². The van der Waals surface area contributed by atoms with Gasteiger partial charge < -0.3 is 5.32 Å². The van der Waals surface area contributed by atoms with E-state index in [1.54, 1.807) is 6.20 Å². The maximum atomic E-state index is 12.4. The van der Waals surface area contributed by atoms with E-state index in [1.807, 2.05) is 49.4 Å². The number of nitrogens with one attached hydrogen (secondary N) is 1. The SMILES string of the molecule is C[C@H](NC(=O)c1sc2ccccc2c1Cl)c1ccccn1. The van der Waals surface area contributed by atoms with E-state index in [4.69, 9.17) is 11.6 Å². The lowest BCUT2D eigenvalue weighted by atomic mass is 10.2. The van der Waals surface area contributed by atoms with Crippen molar-refractivity contribution >= 4 is 38.9 Å². The second-order valence-electron chi connectivity index (χ2n) is 4.69. The van der Waals surface area contributed by atoms with E-state index in [1.165, 1.54) is 11.3 Å². The Morgan fingerprint density at radius 2 is 2.00 bits per heavy atom. The number of thiophene rings is 1. The van der Waals surface area contributed by atoms with Gasteiger partial charge in [0.25, 0.3) is 5.91 Å². The molecule has 3 aromatic rings. The number of halogens is 1. The molecular formula is C16H13ClN2OS. The molecule has 2 heterocycles. The van der Waals surface area contributed by atoms with Gasteiger partial charge in [-0.15, -0.1) is 11.3 Å². The molecule has 1 aromatic carbocycles. The highest BCUT2D eigenvalue weighted by Gasteiger charge is 2.19. The summed E-state index contributed by atoms with van der Waals surface area (Å²) in [7, 11) is 0. The number of pyridine rings is 1. The van der Waals surface area contributed by atoms with Crippen LogP contribution in [-0.2, 0) is 0 Å². The Morgan fingerprint density at radius 1 is 1.24 bits per heavy atom. The van der Waals surface area contributed by atoms with E-state index in [9.17, 15) is 4.79 Å². The summed E-state index contributed by atoms with van der Waals surface area (Å²) in [4.78, 5) is 17.2. The second kappa shape index (κ2) is 5.84. The van der Waals surface area contributed by atoms with Crippen LogP contribution in [0.2, 0.25) is 5.02 Å². The van der Waals surface area contributed by atoms with Crippen molar-refractivity contribution in [3.63, 3.8) is 0 Å². The van der Waals surface area contributed by atoms with E-state index in [0.29, 0.717) is 9.90 Å². The van der Waals surface area contributed by atoms with Crippen LogP contribution in [0.15, 0.2) is 48.7 Å². The molecular weight excluding hydrogens is 304 g/mol. The van der Waals surface area contributed by atoms with Crippen LogP contribution < -0.4 is 5.32 Å². The fourth-order valence-electron chi connectivity index (χ4n) is 2.13. The molecule has 2 aromatic heterocycles. The van der Waals surface area contributed by atoms with Gasteiger partial charge in [-0.1, -0.05) is 35.9 Å². The monoisotopic (exact) mass is 316 g/mol. The molecule has 0 saturated heterocycles. The van der Waals surface area contributed by atoms with Crippen LogP contribution in [0.5, 0.6) is 0 Å². The standard InChI is InChI=1S/C16H13ClN2OS/c1-10(12-7-4-5-9-18-12)19-16(20)15-14(17)11-6-2-3-8-13(11)21-15/h2-10H,1H3,(H,19,20)/t10-/m0/s1. The third-order valence-corrected chi connectivity index (χ3v) is 4.89. The number of carbonyl (C=O) groups is 1. The number of fused-ring (bicyclic) bond motifs is 1. The largest absolute Gasteiger partial charge is 0.343 e. The van der Waals surface area contributed by atoms with Crippen LogP contribution in [0.1, 0.15) is 28.3 Å². The number of aromatic nitrogens is 1. The van der Waals surface area contributed by atoms with Gasteiger partial charge in [0.1, 0.15) is 4.88 Å². The summed E-state index contributed by atoms with van der Waals surface area (Å²) in [6.45, 7) is 1.90. The Bertz CT molecular complexity index is 785. The van der Waals surface area contributed by atoms with Gasteiger partial charge in [0, 0.05) is 16.3 Å². The molecule has 0 radical (unpaired) electrons. The van der Waals surface area contributed by atoms with Gasteiger partial charge >= 0.3 is 0 Å². The van der Waals surface area contributed by atoms with Gasteiger partial charge in [-0.05, 0) is 25.1 Å². The number of hydrogen-bond donors (Lipinski definition) is 1. The zero-order valence-electron chi connectivity index (χ0n) is 11.3. The van der Waals surface area contributed by atoms with Crippen molar-refractivity contribution in [1.82, 2.24) is 10.3 Å². The van der Waals surface area contributed by atoms with Crippen LogP contribution in [0.4, 0.5) is 0 Å². The number of hydrogen-bond acceptors (Lipinski definition) is 3. The fourth-order valence-corrected chi connectivity index (χ4v) is 3.55. The molecule has 21 heavy (non-hydrogen) atoms. The molecule has 0 spiro atoms. The summed E-state index contributed by atoms with van der Waals surface area (Å²) >= 11 is 7.72. The molecule has 0 bridgehead atoms. The summed E-state index contributed by atoms with van der Waals surface area (Å²) in [5, 5.41) is 4.37. The lowest BCUT2D eigenvalue weighted by molar-refractivity contribution is 0.0943. The maximum absolute atomic E-state index is 12.4. The predicted octanol–water partition coefficient (Wildman–Crippen LogP) is 4.44. The molecule has 0 unspecified atom stereocenters. The number of carbonyl (C=O) groups excluding carboxylic acids is 1. The quantitative estimate of drug-likeness (QED) is 0.776. The second-order valence-corrected chi connectivity index (χ2v) is 6.12. The van der Waals surface area contributed by atoms with Crippen LogP contribution in [-0.4, -0.2) is 10.9 Å². The summed E-state index contributed by atoms with van der Waals surface area (Å²) in [5.41, 5.74) is 0.822. The first-order valence-electron chi connectivity index (χ1n) is 6.55. The van der Waals surface area contributed by atoms with E-state index < -0.39 is 0 Å². The first-order chi connectivity index (χ1) is 10.2. The maximum Gasteiger partial charge on any atom is 0.263 e. The van der Waals surface area contributed by atoms with Gasteiger partial charge in [-0.2, -0.15) is 0 Å². The van der Waals surface area contributed by atoms with Gasteiger partial charge in [0.15, 0.2) is 0 Å². The minimum absolute atomic E-state index is 0.167. The molecule has 1 N–H and O–H groups in total. The van der Waals surface area contributed by atoms with Gasteiger partial charge in [-0.3, -0.25) is 9.78 Å². The fraction of sp³-hybridized carbons (Fsp3) is 0.125. The van der Waals surface area contributed by atoms with Crippen LogP contribution >= 0.6 is 22.9 Å². The van der Waals surface area contributed by atoms with E-state index >= 15 is 0 Å². The van der Waals surface area contributed by atoms with Crippen molar-refractivity contribution in [2.24, 2.45) is 0 Å². The highest BCUT2D eigenvalue weighted by Crippen LogP contribution is 2.35. The number of benzene rings is 1. The minimum atomic E-state index is -0.167. The summed E-state index contributed by atoms with van der Waals surface area (Å²) in [6, 6.07) is 13.2. The molecule has 0 aliphatic carbocycles. The van der Waals surface area contributed by atoms with Gasteiger partial charge in [-0.25, -0.2) is 0 Å². The highest BCUT2D eigenvalue weighted by atomic mass is 35.5. The predicted molar refractivity (Wildman–Crippen MR) is 87.0 cm³/mol. The van der Waals surface area contributed by atoms with Crippen molar-refractivity contribution in [1.29, 1.82) is 0 Å². The first kappa shape index (κ1) is 14.0. The molecule has 0 aliphatic rings. The molecule has 0 saturated carbocycles. The number of amides is 1. The number of nitrogens with zero attached hydrogens (tertiary/aromatic N) is 1. The highest BCUT2D eigenvalue weighted by molar-refractivity contribution is 7.21. The topological polar surface area (TPSA) is 42.0 Å². The molecule has 0 aliphatic heterocycles. The normalized spacial score (nSPS) is 12.3. The van der Waals surface area contributed by atoms with Crippen LogP contribution in [0.25, 0.3) is 10.1 Å². The molecule has 0 fully saturated rings. The van der Waals surface area contributed by atoms with Crippen molar-refractivity contribution in [3.8, 4) is 0 Å². The molecule has 106 valence electrons. The van der Waals surface area contributed by atoms with Crippen LogP contribution in [0.3, 0.4) is 0 Å². The lowest BCUT2D eigenvalue weighted by Gasteiger charge is -2.12. The molecule has 1 atom stereocenters. The zero-order chi connectivity index (χ0) is 14.8. The summed E-state index contributed by atoms with van der Waals surface area (Å²) in [5.74, 6) is -0.167. The average molecular weight is 317 g/mol. The van der Waals surface area contributed by atoms with E-state index in [2.05, 4.69) is 10.3 Å². The summed E-state index contributed by atoms with van der Waals surface area (Å²) in [6.07, 6.45) is 1.71. The molecule has 3 nitrogen and oxygen atoms in total. The Kier molecular flexibility index (Phi) is 3.90. The van der Waals surface area contributed by atoms with Gasteiger partial charge in [0.05, 0.1) is 16.8 Å². The van der Waals surface area contributed by atoms with E-state index in [0.717, 1.165) is 15.8 Å². The molecule has 5 heteroatoms. The Labute approximate surface area is 131 Å². The Hall–Kier alpha value is -1.91.